The monoisotopic (exact) mass is 392 g/mol. The molecule has 0 fully saturated rings. The van der Waals surface area contributed by atoms with Crippen molar-refractivity contribution in [3.05, 3.63) is 41.9 Å². The van der Waals surface area contributed by atoms with Crippen LogP contribution in [0.2, 0.25) is 0 Å². The van der Waals surface area contributed by atoms with Crippen LogP contribution in [0.4, 0.5) is 0 Å². The molecule has 2 nitrogen and oxygen atoms in total. The maximum absolute atomic E-state index is 4.46. The summed E-state index contributed by atoms with van der Waals surface area (Å²) in [4.78, 5) is 4.46. The molecule has 86 valence electrons. The number of hydrogen-bond donors (Lipinski definition) is 0. The van der Waals surface area contributed by atoms with Crippen LogP contribution in [0.5, 0.6) is 0 Å². The number of pyridine rings is 1. The van der Waals surface area contributed by atoms with E-state index in [4.69, 9.17) is 0 Å². The third-order valence-corrected chi connectivity index (χ3v) is 3.27. The molecular formula is C13H13N2Pt-. The third-order valence-electron chi connectivity index (χ3n) is 3.27. The largest absolute Gasteiger partial charge is 0.442 e. The van der Waals surface area contributed by atoms with E-state index < -0.39 is 0 Å². The molecule has 0 saturated carbocycles. The van der Waals surface area contributed by atoms with Crippen LogP contribution in [0.25, 0.3) is 11.3 Å². The first-order chi connectivity index (χ1) is 7.10. The smallest absolute Gasteiger partial charge is 0.0160 e. The Labute approximate surface area is 110 Å². The number of hydrogen-bond acceptors (Lipinski definition) is 1. The van der Waals surface area contributed by atoms with Crippen molar-refractivity contribution < 1.29 is 21.1 Å². The molecule has 0 radical (unpaired) electrons. The fourth-order valence-electron chi connectivity index (χ4n) is 2.44. The van der Waals surface area contributed by atoms with Crippen LogP contribution in [-0.4, -0.2) is 9.55 Å². The van der Waals surface area contributed by atoms with Crippen LogP contribution in [0.3, 0.4) is 0 Å². The first-order valence-electron chi connectivity index (χ1n) is 5.15. The van der Waals surface area contributed by atoms with Gasteiger partial charge in [-0.1, -0.05) is 31.7 Å². The molecule has 0 spiro atoms. The summed E-state index contributed by atoms with van der Waals surface area (Å²) in [6, 6.07) is 4.17. The molecule has 1 aliphatic rings. The van der Waals surface area contributed by atoms with E-state index >= 15 is 0 Å². The summed E-state index contributed by atoms with van der Waals surface area (Å²) in [5.74, 6) is 0. The average molecular weight is 392 g/mol. The maximum Gasteiger partial charge on any atom is 0.0160 e. The number of aromatic nitrogens is 2. The van der Waals surface area contributed by atoms with Crippen LogP contribution in [0, 0.1) is 6.20 Å². The Morgan fingerprint density at radius 1 is 1.31 bits per heavy atom. The predicted octanol–water partition coefficient (Wildman–Crippen LogP) is 2.52. The molecular weight excluding hydrogens is 379 g/mol. The van der Waals surface area contributed by atoms with Gasteiger partial charge in [0.2, 0.25) is 0 Å². The first-order valence-corrected chi connectivity index (χ1v) is 5.15. The van der Waals surface area contributed by atoms with E-state index in [0.29, 0.717) is 0 Å². The van der Waals surface area contributed by atoms with E-state index in [-0.39, 0.29) is 26.5 Å². The summed E-state index contributed by atoms with van der Waals surface area (Å²) in [6.07, 6.45) is 7.32. The minimum Gasteiger partial charge on any atom is -0.442 e. The molecule has 0 unspecified atom stereocenters. The van der Waals surface area contributed by atoms with Gasteiger partial charge in [-0.25, -0.2) is 0 Å². The van der Waals surface area contributed by atoms with E-state index in [1.807, 2.05) is 23.9 Å². The standard InChI is InChI=1S/C13H13N2.Pt/c1-13(2)10-5-4-6-14-12(10)9-7-15(3)8-11(9)13;/h4-6,8H,1-3H3;/q-1;. The zero-order valence-corrected chi connectivity index (χ0v) is 11.8. The quantitative estimate of drug-likeness (QED) is 0.630. The average Bonchev–Trinajstić information content (AvgIpc) is 2.68. The zero-order valence-electron chi connectivity index (χ0n) is 9.52. The molecule has 0 bridgehead atoms. The molecule has 1 aliphatic carbocycles. The molecule has 2 aromatic heterocycles. The molecule has 0 atom stereocenters. The van der Waals surface area contributed by atoms with Crippen molar-refractivity contribution >= 4 is 0 Å². The number of fused-ring (bicyclic) bond motifs is 3. The molecule has 3 heteroatoms. The van der Waals surface area contributed by atoms with Crippen molar-refractivity contribution in [2.75, 3.05) is 0 Å². The maximum atomic E-state index is 4.46. The second-order valence-electron chi connectivity index (χ2n) is 4.67. The van der Waals surface area contributed by atoms with Gasteiger partial charge in [0.05, 0.1) is 0 Å². The fraction of sp³-hybridized carbons (Fsp3) is 0.308. The summed E-state index contributed by atoms with van der Waals surface area (Å²) in [5, 5.41) is 0. The van der Waals surface area contributed by atoms with Gasteiger partial charge in [0, 0.05) is 27.3 Å². The number of nitrogens with zero attached hydrogens (tertiary/aromatic N) is 2. The molecule has 16 heavy (non-hydrogen) atoms. The van der Waals surface area contributed by atoms with Gasteiger partial charge in [-0.05, 0) is 24.2 Å². The van der Waals surface area contributed by atoms with Crippen LogP contribution < -0.4 is 0 Å². The Hall–Kier alpha value is -0.882. The Morgan fingerprint density at radius 3 is 2.81 bits per heavy atom. The summed E-state index contributed by atoms with van der Waals surface area (Å²) >= 11 is 0. The molecule has 0 amide bonds. The molecule has 0 N–H and O–H groups in total. The van der Waals surface area contributed by atoms with Gasteiger partial charge in [0.15, 0.2) is 0 Å². The molecule has 0 aliphatic heterocycles. The van der Waals surface area contributed by atoms with Gasteiger partial charge in [-0.3, -0.25) is 0 Å². The van der Waals surface area contributed by atoms with Crippen molar-refractivity contribution in [2.24, 2.45) is 7.05 Å². The second-order valence-corrected chi connectivity index (χ2v) is 4.67. The molecule has 0 saturated heterocycles. The normalized spacial score (nSPS) is 15.2. The van der Waals surface area contributed by atoms with Crippen molar-refractivity contribution in [2.45, 2.75) is 19.3 Å². The summed E-state index contributed by atoms with van der Waals surface area (Å²) in [5.41, 5.74) is 4.97. The summed E-state index contributed by atoms with van der Waals surface area (Å²) in [7, 11) is 2.01. The second kappa shape index (κ2) is 3.56. The van der Waals surface area contributed by atoms with E-state index in [1.165, 1.54) is 11.1 Å². The number of aryl methyl sites for hydroxylation is 1. The third kappa shape index (κ3) is 1.33. The minimum absolute atomic E-state index is 0. The van der Waals surface area contributed by atoms with Gasteiger partial charge in [-0.15, -0.1) is 17.3 Å². The zero-order chi connectivity index (χ0) is 10.6. The Bertz CT molecular complexity index is 541. The summed E-state index contributed by atoms with van der Waals surface area (Å²) in [6.45, 7) is 4.49. The Balaban J connectivity index is 0.000000963. The fourth-order valence-corrected chi connectivity index (χ4v) is 2.44. The summed E-state index contributed by atoms with van der Waals surface area (Å²) < 4.78 is 1.99. The van der Waals surface area contributed by atoms with Crippen molar-refractivity contribution in [3.8, 4) is 11.3 Å². The van der Waals surface area contributed by atoms with Crippen LogP contribution in [-0.2, 0) is 33.5 Å². The van der Waals surface area contributed by atoms with Crippen LogP contribution in [0.1, 0.15) is 25.0 Å². The van der Waals surface area contributed by atoms with Crippen molar-refractivity contribution in [1.29, 1.82) is 0 Å². The molecule has 0 aromatic carbocycles. The van der Waals surface area contributed by atoms with E-state index in [9.17, 15) is 0 Å². The van der Waals surface area contributed by atoms with E-state index in [2.05, 4.69) is 37.3 Å². The van der Waals surface area contributed by atoms with Gasteiger partial charge in [0.25, 0.3) is 0 Å². The van der Waals surface area contributed by atoms with Crippen LogP contribution >= 0.6 is 0 Å². The van der Waals surface area contributed by atoms with Gasteiger partial charge < -0.3 is 9.55 Å². The molecule has 2 aromatic rings. The first kappa shape index (κ1) is 11.6. The van der Waals surface area contributed by atoms with Gasteiger partial charge in [-0.2, -0.15) is 0 Å². The number of rotatable bonds is 0. The van der Waals surface area contributed by atoms with E-state index in [0.717, 1.165) is 11.3 Å². The minimum atomic E-state index is 0. The van der Waals surface area contributed by atoms with Gasteiger partial charge >= 0.3 is 0 Å². The predicted molar refractivity (Wildman–Crippen MR) is 59.6 cm³/mol. The Kier molecular flexibility index (Phi) is 2.58. The SMILES string of the molecule is Cn1[c-]c2c(c1)C(C)(C)c1cccnc1-2.[Pt]. The van der Waals surface area contributed by atoms with E-state index in [1.54, 1.807) is 0 Å². The van der Waals surface area contributed by atoms with Crippen LogP contribution in [0.15, 0.2) is 24.5 Å². The van der Waals surface area contributed by atoms with Crippen molar-refractivity contribution in [1.82, 2.24) is 9.55 Å². The van der Waals surface area contributed by atoms with Crippen molar-refractivity contribution in [3.63, 3.8) is 0 Å². The van der Waals surface area contributed by atoms with Gasteiger partial charge in [0.1, 0.15) is 0 Å². The molecule has 3 rings (SSSR count). The molecule has 2 heterocycles. The Morgan fingerprint density at radius 2 is 2.06 bits per heavy atom. The topological polar surface area (TPSA) is 17.8 Å².